The molecule has 0 fully saturated rings. The first-order valence-electron chi connectivity index (χ1n) is 5.85. The van der Waals surface area contributed by atoms with Crippen molar-refractivity contribution >= 4 is 10.9 Å². The van der Waals surface area contributed by atoms with Crippen LogP contribution < -0.4 is 5.32 Å². The van der Waals surface area contributed by atoms with Crippen molar-refractivity contribution in [3.05, 3.63) is 60.1 Å². The molecule has 0 unspecified atom stereocenters. The lowest BCUT2D eigenvalue weighted by Gasteiger charge is -2.04. The standard InChI is InChI=1S/C14H13N3O/c1-2-4-14-12(3-1)7-11(9-16-14)8-15-10-13-5-6-18-17-13/h1-7,9,15H,8,10H2. The molecule has 0 aliphatic heterocycles. The molecule has 0 aliphatic rings. The fraction of sp³-hybridized carbons (Fsp3) is 0.143. The van der Waals surface area contributed by atoms with Gasteiger partial charge in [-0.25, -0.2) is 0 Å². The number of benzene rings is 1. The third kappa shape index (κ3) is 2.38. The highest BCUT2D eigenvalue weighted by atomic mass is 16.5. The van der Waals surface area contributed by atoms with Crippen molar-refractivity contribution in [2.24, 2.45) is 0 Å². The van der Waals surface area contributed by atoms with Gasteiger partial charge in [0.2, 0.25) is 0 Å². The first-order chi connectivity index (χ1) is 8.92. The van der Waals surface area contributed by atoms with Gasteiger partial charge in [-0.05, 0) is 17.7 Å². The number of rotatable bonds is 4. The summed E-state index contributed by atoms with van der Waals surface area (Å²) in [6.45, 7) is 1.47. The highest BCUT2D eigenvalue weighted by Crippen LogP contribution is 2.12. The lowest BCUT2D eigenvalue weighted by molar-refractivity contribution is 0.408. The Morgan fingerprint density at radius 3 is 2.94 bits per heavy atom. The summed E-state index contributed by atoms with van der Waals surface area (Å²) in [5, 5.41) is 8.32. The van der Waals surface area contributed by atoms with Gasteiger partial charge in [-0.15, -0.1) is 0 Å². The average Bonchev–Trinajstić information content (AvgIpc) is 2.92. The van der Waals surface area contributed by atoms with E-state index in [1.807, 2.05) is 30.5 Å². The van der Waals surface area contributed by atoms with Crippen molar-refractivity contribution < 1.29 is 4.52 Å². The summed E-state index contributed by atoms with van der Waals surface area (Å²) in [6.07, 6.45) is 3.48. The van der Waals surface area contributed by atoms with Crippen LogP contribution in [0.5, 0.6) is 0 Å². The van der Waals surface area contributed by atoms with E-state index in [-0.39, 0.29) is 0 Å². The molecule has 4 nitrogen and oxygen atoms in total. The minimum Gasteiger partial charge on any atom is -0.364 e. The van der Waals surface area contributed by atoms with Crippen molar-refractivity contribution in [3.8, 4) is 0 Å². The monoisotopic (exact) mass is 239 g/mol. The Morgan fingerprint density at radius 2 is 2.06 bits per heavy atom. The Morgan fingerprint density at radius 1 is 1.11 bits per heavy atom. The Kier molecular flexibility index (Phi) is 3.02. The van der Waals surface area contributed by atoms with Crippen LogP contribution in [0.4, 0.5) is 0 Å². The SMILES string of the molecule is c1ccc2ncc(CNCc3ccon3)cc2c1. The van der Waals surface area contributed by atoms with Gasteiger partial charge in [-0.3, -0.25) is 4.98 Å². The van der Waals surface area contributed by atoms with Crippen LogP contribution in [0.1, 0.15) is 11.3 Å². The summed E-state index contributed by atoms with van der Waals surface area (Å²) < 4.78 is 4.77. The van der Waals surface area contributed by atoms with Crippen LogP contribution in [-0.4, -0.2) is 10.1 Å². The van der Waals surface area contributed by atoms with Crippen LogP contribution in [0, 0.1) is 0 Å². The molecule has 0 atom stereocenters. The number of hydrogen-bond acceptors (Lipinski definition) is 4. The van der Waals surface area contributed by atoms with Gasteiger partial charge in [0.05, 0.1) is 11.2 Å². The molecule has 3 rings (SSSR count). The molecule has 3 aromatic rings. The lowest BCUT2D eigenvalue weighted by atomic mass is 10.1. The molecule has 0 aliphatic carbocycles. The van der Waals surface area contributed by atoms with Gasteiger partial charge in [-0.1, -0.05) is 23.4 Å². The molecule has 0 saturated heterocycles. The molecular formula is C14H13N3O. The summed E-state index contributed by atoms with van der Waals surface area (Å²) in [7, 11) is 0. The predicted molar refractivity (Wildman–Crippen MR) is 68.8 cm³/mol. The molecule has 18 heavy (non-hydrogen) atoms. The second-order valence-electron chi connectivity index (χ2n) is 4.13. The molecule has 90 valence electrons. The van der Waals surface area contributed by atoms with Crippen molar-refractivity contribution in [2.45, 2.75) is 13.1 Å². The smallest absolute Gasteiger partial charge is 0.124 e. The fourth-order valence-corrected chi connectivity index (χ4v) is 1.88. The number of fused-ring (bicyclic) bond motifs is 1. The maximum absolute atomic E-state index is 4.77. The number of nitrogens with zero attached hydrogens (tertiary/aromatic N) is 2. The average molecular weight is 239 g/mol. The van der Waals surface area contributed by atoms with Crippen LogP contribution in [0.15, 0.2) is 53.4 Å². The summed E-state index contributed by atoms with van der Waals surface area (Å²) in [6, 6.07) is 12.1. The Bertz CT molecular complexity index is 634. The van der Waals surface area contributed by atoms with E-state index in [1.165, 1.54) is 5.39 Å². The van der Waals surface area contributed by atoms with E-state index < -0.39 is 0 Å². The van der Waals surface area contributed by atoms with Crippen molar-refractivity contribution in [3.63, 3.8) is 0 Å². The summed E-state index contributed by atoms with van der Waals surface area (Å²) in [5.41, 5.74) is 3.10. The molecule has 2 heterocycles. The Hall–Kier alpha value is -2.20. The van der Waals surface area contributed by atoms with Crippen molar-refractivity contribution in [1.29, 1.82) is 0 Å². The molecule has 0 spiro atoms. The second-order valence-corrected chi connectivity index (χ2v) is 4.13. The van der Waals surface area contributed by atoms with Gasteiger partial charge >= 0.3 is 0 Å². The van der Waals surface area contributed by atoms with E-state index >= 15 is 0 Å². The number of pyridine rings is 1. The zero-order valence-corrected chi connectivity index (χ0v) is 9.84. The topological polar surface area (TPSA) is 51.0 Å². The number of para-hydroxylation sites is 1. The minimum absolute atomic E-state index is 0.698. The summed E-state index contributed by atoms with van der Waals surface area (Å²) in [5.74, 6) is 0. The van der Waals surface area contributed by atoms with E-state index in [9.17, 15) is 0 Å². The van der Waals surface area contributed by atoms with Gasteiger partial charge < -0.3 is 9.84 Å². The highest BCUT2D eigenvalue weighted by molar-refractivity contribution is 5.78. The van der Waals surface area contributed by atoms with Gasteiger partial charge in [0.1, 0.15) is 6.26 Å². The third-order valence-corrected chi connectivity index (χ3v) is 2.77. The normalized spacial score (nSPS) is 10.9. The van der Waals surface area contributed by atoms with E-state index in [2.05, 4.69) is 27.6 Å². The minimum atomic E-state index is 0.698. The molecule has 0 amide bonds. The molecule has 0 radical (unpaired) electrons. The summed E-state index contributed by atoms with van der Waals surface area (Å²) in [4.78, 5) is 4.42. The van der Waals surface area contributed by atoms with Crippen LogP contribution in [0.2, 0.25) is 0 Å². The summed E-state index contributed by atoms with van der Waals surface area (Å²) >= 11 is 0. The Labute approximate surface area is 105 Å². The van der Waals surface area contributed by atoms with Crippen LogP contribution >= 0.6 is 0 Å². The van der Waals surface area contributed by atoms with Gasteiger partial charge in [0.15, 0.2) is 0 Å². The van der Waals surface area contributed by atoms with E-state index in [1.54, 1.807) is 6.26 Å². The number of nitrogens with one attached hydrogen (secondary N) is 1. The molecule has 4 heteroatoms. The number of hydrogen-bond donors (Lipinski definition) is 1. The molecule has 0 bridgehead atoms. The third-order valence-electron chi connectivity index (χ3n) is 2.77. The zero-order valence-electron chi connectivity index (χ0n) is 9.84. The molecular weight excluding hydrogens is 226 g/mol. The predicted octanol–water partition coefficient (Wildman–Crippen LogP) is 2.51. The van der Waals surface area contributed by atoms with Crippen LogP contribution in [-0.2, 0) is 13.1 Å². The molecule has 2 aromatic heterocycles. The first kappa shape index (κ1) is 10.9. The maximum Gasteiger partial charge on any atom is 0.124 e. The van der Waals surface area contributed by atoms with Gasteiger partial charge in [-0.2, -0.15) is 0 Å². The quantitative estimate of drug-likeness (QED) is 0.760. The molecule has 1 aromatic carbocycles. The Balaban J connectivity index is 1.67. The van der Waals surface area contributed by atoms with Crippen molar-refractivity contribution in [1.82, 2.24) is 15.5 Å². The fourth-order valence-electron chi connectivity index (χ4n) is 1.88. The van der Waals surface area contributed by atoms with Crippen LogP contribution in [0.25, 0.3) is 10.9 Å². The second kappa shape index (κ2) is 4.98. The zero-order chi connectivity index (χ0) is 12.2. The highest BCUT2D eigenvalue weighted by Gasteiger charge is 1.99. The molecule has 1 N–H and O–H groups in total. The van der Waals surface area contributed by atoms with E-state index in [0.29, 0.717) is 6.54 Å². The van der Waals surface area contributed by atoms with Gasteiger partial charge in [0.25, 0.3) is 0 Å². The largest absolute Gasteiger partial charge is 0.364 e. The number of aromatic nitrogens is 2. The first-order valence-corrected chi connectivity index (χ1v) is 5.85. The van der Waals surface area contributed by atoms with Gasteiger partial charge in [0, 0.05) is 30.7 Å². The van der Waals surface area contributed by atoms with E-state index in [4.69, 9.17) is 4.52 Å². The van der Waals surface area contributed by atoms with E-state index in [0.717, 1.165) is 23.3 Å². The van der Waals surface area contributed by atoms with Crippen molar-refractivity contribution in [2.75, 3.05) is 0 Å². The van der Waals surface area contributed by atoms with Crippen LogP contribution in [0.3, 0.4) is 0 Å². The lowest BCUT2D eigenvalue weighted by Crippen LogP contribution is -2.12. The molecule has 0 saturated carbocycles. The maximum atomic E-state index is 4.77.